The highest BCUT2D eigenvalue weighted by molar-refractivity contribution is 7.99. The van der Waals surface area contributed by atoms with Crippen LogP contribution in [0.3, 0.4) is 0 Å². The first kappa shape index (κ1) is 16.4. The van der Waals surface area contributed by atoms with Crippen molar-refractivity contribution in [2.24, 2.45) is 0 Å². The maximum atomic E-state index is 12.5. The fourth-order valence-corrected chi connectivity index (χ4v) is 4.70. The molecule has 116 valence electrons. The van der Waals surface area contributed by atoms with E-state index < -0.39 is 11.6 Å². The van der Waals surface area contributed by atoms with Crippen molar-refractivity contribution in [3.8, 4) is 0 Å². The van der Waals surface area contributed by atoms with Crippen LogP contribution in [0, 0.1) is 0 Å². The minimum atomic E-state index is -1.08. The number of thioether (sulfide) groups is 1. The fourth-order valence-electron chi connectivity index (χ4n) is 2.46. The summed E-state index contributed by atoms with van der Waals surface area (Å²) in [5.41, 5.74) is -1.08. The van der Waals surface area contributed by atoms with Crippen LogP contribution in [-0.4, -0.2) is 41.2 Å². The highest BCUT2D eigenvalue weighted by atomic mass is 32.2. The van der Waals surface area contributed by atoms with Gasteiger partial charge in [0.15, 0.2) is 5.60 Å². The molecule has 2 rings (SSSR count). The van der Waals surface area contributed by atoms with E-state index in [-0.39, 0.29) is 5.91 Å². The van der Waals surface area contributed by atoms with Crippen LogP contribution in [0.2, 0.25) is 0 Å². The molecule has 2 heterocycles. The van der Waals surface area contributed by atoms with Crippen LogP contribution in [0.4, 0.5) is 0 Å². The molecule has 0 bridgehead atoms. The Bertz CT molecular complexity index is 499. The van der Waals surface area contributed by atoms with E-state index in [1.807, 2.05) is 16.7 Å². The number of thiophene rings is 1. The average molecular weight is 327 g/mol. The lowest BCUT2D eigenvalue weighted by Crippen LogP contribution is -2.48. The number of nitrogens with zero attached hydrogens (tertiary/aromatic N) is 1. The molecule has 0 aliphatic carbocycles. The largest absolute Gasteiger partial charge is 0.450 e. The molecule has 1 amide bonds. The first-order chi connectivity index (χ1) is 9.90. The zero-order valence-corrected chi connectivity index (χ0v) is 14.3. The van der Waals surface area contributed by atoms with Gasteiger partial charge < -0.3 is 9.64 Å². The van der Waals surface area contributed by atoms with Gasteiger partial charge in [-0.25, -0.2) is 0 Å². The topological polar surface area (TPSA) is 46.6 Å². The fraction of sp³-hybridized carbons (Fsp3) is 0.600. The molecule has 0 saturated carbocycles. The van der Waals surface area contributed by atoms with E-state index in [1.54, 1.807) is 25.2 Å². The summed E-state index contributed by atoms with van der Waals surface area (Å²) >= 11 is 3.66. The summed E-state index contributed by atoms with van der Waals surface area (Å²) in [6, 6.07) is 4.22. The summed E-state index contributed by atoms with van der Waals surface area (Å²) in [4.78, 5) is 26.9. The summed E-state index contributed by atoms with van der Waals surface area (Å²) in [6.07, 6.45) is 0.938. The molecule has 1 fully saturated rings. The van der Waals surface area contributed by atoms with Gasteiger partial charge in [0.1, 0.15) is 0 Å². The number of esters is 1. The predicted molar refractivity (Wildman–Crippen MR) is 86.6 cm³/mol. The summed E-state index contributed by atoms with van der Waals surface area (Å²) in [7, 11) is 0. The highest BCUT2D eigenvalue weighted by Gasteiger charge is 2.36. The number of rotatable bonds is 3. The van der Waals surface area contributed by atoms with Crippen LogP contribution in [0.5, 0.6) is 0 Å². The van der Waals surface area contributed by atoms with Crippen molar-refractivity contribution in [3.05, 3.63) is 22.4 Å². The standard InChI is InChI=1S/C15H21NO3S2/c1-11(17)19-15(2,3)14(18)16-7-6-13(21-10-8-16)12-5-4-9-20-12/h4-5,9,13H,6-8,10H2,1-3H3/t13-/m0/s1. The lowest BCUT2D eigenvalue weighted by molar-refractivity contribution is -0.168. The monoisotopic (exact) mass is 327 g/mol. The van der Waals surface area contributed by atoms with Crippen LogP contribution in [0.1, 0.15) is 37.3 Å². The van der Waals surface area contributed by atoms with Crippen LogP contribution in [0.15, 0.2) is 17.5 Å². The molecule has 1 aliphatic heterocycles. The average Bonchev–Trinajstić information content (AvgIpc) is 2.81. The van der Waals surface area contributed by atoms with Gasteiger partial charge in [-0.3, -0.25) is 9.59 Å². The lowest BCUT2D eigenvalue weighted by Gasteiger charge is -2.30. The highest BCUT2D eigenvalue weighted by Crippen LogP contribution is 2.37. The van der Waals surface area contributed by atoms with E-state index in [4.69, 9.17) is 4.74 Å². The molecule has 4 nitrogen and oxygen atoms in total. The van der Waals surface area contributed by atoms with Crippen molar-refractivity contribution in [2.45, 2.75) is 38.0 Å². The van der Waals surface area contributed by atoms with Crippen LogP contribution in [-0.2, 0) is 14.3 Å². The van der Waals surface area contributed by atoms with Crippen molar-refractivity contribution in [1.82, 2.24) is 4.90 Å². The number of hydrogen-bond acceptors (Lipinski definition) is 5. The molecule has 0 aromatic carbocycles. The third-order valence-electron chi connectivity index (χ3n) is 3.40. The van der Waals surface area contributed by atoms with Gasteiger partial charge in [-0.05, 0) is 31.7 Å². The van der Waals surface area contributed by atoms with Gasteiger partial charge in [-0.1, -0.05) is 6.07 Å². The van der Waals surface area contributed by atoms with Crippen molar-refractivity contribution >= 4 is 35.0 Å². The van der Waals surface area contributed by atoms with Crippen LogP contribution in [0.25, 0.3) is 0 Å². The molecular weight excluding hydrogens is 306 g/mol. The number of carbonyl (C=O) groups is 2. The van der Waals surface area contributed by atoms with Crippen molar-refractivity contribution in [1.29, 1.82) is 0 Å². The second-order valence-corrected chi connectivity index (χ2v) is 7.85. The Balaban J connectivity index is 1.99. The molecule has 0 unspecified atom stereocenters. The molecule has 1 aromatic rings. The van der Waals surface area contributed by atoms with Crippen LogP contribution < -0.4 is 0 Å². The molecule has 21 heavy (non-hydrogen) atoms. The maximum absolute atomic E-state index is 12.5. The minimum absolute atomic E-state index is 0.106. The number of hydrogen-bond donors (Lipinski definition) is 0. The lowest BCUT2D eigenvalue weighted by atomic mass is 10.1. The molecule has 1 aliphatic rings. The summed E-state index contributed by atoms with van der Waals surface area (Å²) in [6.45, 7) is 6.06. The van der Waals surface area contributed by atoms with E-state index in [1.165, 1.54) is 11.8 Å². The zero-order valence-electron chi connectivity index (χ0n) is 12.6. The molecule has 0 spiro atoms. The van der Waals surface area contributed by atoms with Crippen molar-refractivity contribution < 1.29 is 14.3 Å². The number of ether oxygens (including phenoxy) is 1. The Kier molecular flexibility index (Phi) is 5.32. The Morgan fingerprint density at radius 3 is 2.76 bits per heavy atom. The third kappa shape index (κ3) is 4.23. The third-order valence-corrected chi connectivity index (χ3v) is 5.85. The van der Waals surface area contributed by atoms with E-state index in [0.717, 1.165) is 12.2 Å². The first-order valence-electron chi connectivity index (χ1n) is 7.04. The molecule has 1 aromatic heterocycles. The quantitative estimate of drug-likeness (QED) is 0.800. The van der Waals surface area contributed by atoms with Gasteiger partial charge in [0.2, 0.25) is 0 Å². The smallest absolute Gasteiger partial charge is 0.303 e. The maximum Gasteiger partial charge on any atom is 0.303 e. The Hall–Kier alpha value is -1.01. The van der Waals surface area contributed by atoms with Gasteiger partial charge >= 0.3 is 5.97 Å². The zero-order chi connectivity index (χ0) is 15.5. The van der Waals surface area contributed by atoms with Gasteiger partial charge in [-0.2, -0.15) is 11.8 Å². The van der Waals surface area contributed by atoms with Gasteiger partial charge in [0.25, 0.3) is 5.91 Å². The van der Waals surface area contributed by atoms with Gasteiger partial charge in [0, 0.05) is 35.9 Å². The van der Waals surface area contributed by atoms with E-state index in [0.29, 0.717) is 18.3 Å². The minimum Gasteiger partial charge on any atom is -0.450 e. The van der Waals surface area contributed by atoms with Crippen LogP contribution >= 0.6 is 23.1 Å². The molecule has 1 saturated heterocycles. The molecule has 6 heteroatoms. The summed E-state index contributed by atoms with van der Waals surface area (Å²) in [5.74, 6) is 0.379. The van der Waals surface area contributed by atoms with Gasteiger partial charge in [-0.15, -0.1) is 11.3 Å². The SMILES string of the molecule is CC(=O)OC(C)(C)C(=O)N1CCS[C@H](c2cccs2)CC1. The second kappa shape index (κ2) is 6.83. The van der Waals surface area contributed by atoms with Gasteiger partial charge in [0.05, 0.1) is 0 Å². The molecule has 1 atom stereocenters. The van der Waals surface area contributed by atoms with E-state index >= 15 is 0 Å². The first-order valence-corrected chi connectivity index (χ1v) is 8.97. The second-order valence-electron chi connectivity index (χ2n) is 5.56. The summed E-state index contributed by atoms with van der Waals surface area (Å²) in [5, 5.41) is 2.55. The van der Waals surface area contributed by atoms with Crippen molar-refractivity contribution in [2.75, 3.05) is 18.8 Å². The summed E-state index contributed by atoms with van der Waals surface area (Å²) < 4.78 is 5.16. The van der Waals surface area contributed by atoms with E-state index in [2.05, 4.69) is 17.5 Å². The molecule has 0 N–H and O–H groups in total. The molecule has 0 radical (unpaired) electrons. The Labute approximate surface area is 133 Å². The number of carbonyl (C=O) groups excluding carboxylic acids is 2. The Morgan fingerprint density at radius 2 is 2.14 bits per heavy atom. The number of amides is 1. The van der Waals surface area contributed by atoms with E-state index in [9.17, 15) is 9.59 Å². The molecular formula is C15H21NO3S2. The Morgan fingerprint density at radius 1 is 1.38 bits per heavy atom. The normalized spacial score (nSPS) is 20.0. The predicted octanol–water partition coefficient (Wildman–Crippen LogP) is 3.10. The van der Waals surface area contributed by atoms with Crippen molar-refractivity contribution in [3.63, 3.8) is 0 Å².